The Bertz CT molecular complexity index is 1320. The molecule has 8 amide bonds. The Balaban J connectivity index is 3.06. The van der Waals surface area contributed by atoms with Crippen LogP contribution in [-0.2, 0) is 38.4 Å². The summed E-state index contributed by atoms with van der Waals surface area (Å²) in [6.07, 6.45) is -2.15. The van der Waals surface area contributed by atoms with E-state index < -0.39 is 120 Å². The molecule has 20 heteroatoms. The van der Waals surface area contributed by atoms with Crippen LogP contribution in [-0.4, -0.2) is 135 Å². The van der Waals surface area contributed by atoms with Crippen molar-refractivity contribution in [2.24, 2.45) is 23.3 Å². The Morgan fingerprint density at radius 3 is 1.58 bits per heavy atom. The number of rotatable bonds is 19. The van der Waals surface area contributed by atoms with Gasteiger partial charge in [-0.1, -0.05) is 27.7 Å². The standard InChI is InChI=1S/C32H57N9O10S/c1-13(2)21(29(48)36-16(6)26(45)39-23(17(7)42)31(50)35-15(5)25(34)44)38-28(47)20-10-9-11-41(20)32(51)24(18(8)43)40-30(49)22(14(3)4)37-27(46)19(33)12-52/h13-24,42-43,52H,9-12,33H2,1-8H3,(H2,34,44)(H,35,50)(H,36,48)(H,37,46)(H,38,47)(H,39,45)(H,40,49)/t15-,16-,17+,18+,19-,20-,21-,22-,23-,24-/m0/s1. The Morgan fingerprint density at radius 2 is 1.10 bits per heavy atom. The van der Waals surface area contributed by atoms with E-state index in [-0.39, 0.29) is 18.7 Å². The van der Waals surface area contributed by atoms with Crippen LogP contribution in [0.25, 0.3) is 0 Å². The number of likely N-dealkylation sites (tertiary alicyclic amines) is 1. The van der Waals surface area contributed by atoms with Gasteiger partial charge in [0.1, 0.15) is 42.3 Å². The van der Waals surface area contributed by atoms with Gasteiger partial charge in [-0.25, -0.2) is 0 Å². The highest BCUT2D eigenvalue weighted by atomic mass is 32.1. The second-order valence-corrected chi connectivity index (χ2v) is 14.1. The minimum atomic E-state index is -1.48. The summed E-state index contributed by atoms with van der Waals surface area (Å²) in [4.78, 5) is 104. The molecule has 0 aliphatic carbocycles. The molecule has 0 bridgehead atoms. The van der Waals surface area contributed by atoms with Crippen LogP contribution >= 0.6 is 12.6 Å². The van der Waals surface area contributed by atoms with E-state index in [1.54, 1.807) is 27.7 Å². The molecule has 0 aromatic rings. The molecule has 52 heavy (non-hydrogen) atoms. The lowest BCUT2D eigenvalue weighted by Crippen LogP contribution is -2.62. The monoisotopic (exact) mass is 759 g/mol. The number of nitrogens with zero attached hydrogens (tertiary/aromatic N) is 1. The van der Waals surface area contributed by atoms with Gasteiger partial charge in [0, 0.05) is 12.3 Å². The Hall–Kier alpha value is -4.01. The zero-order valence-corrected chi connectivity index (χ0v) is 31.9. The SMILES string of the molecule is CC(C)[C@H](NC(=O)[C@@H](N)CS)C(=O)N[C@H](C(=O)N1CCC[C@H]1C(=O)N[C@H](C(=O)N[C@@H](C)C(=O)N[C@H](C(=O)N[C@@H](C)C(N)=O)[C@@H](C)O)C(C)C)[C@@H](C)O. The van der Waals surface area contributed by atoms with E-state index in [2.05, 4.69) is 44.5 Å². The molecule has 1 fully saturated rings. The number of hydrogen-bond acceptors (Lipinski definition) is 12. The number of carbonyl (C=O) groups excluding carboxylic acids is 8. The fraction of sp³-hybridized carbons (Fsp3) is 0.750. The normalized spacial score (nSPS) is 19.5. The van der Waals surface area contributed by atoms with Gasteiger partial charge in [-0.2, -0.15) is 12.6 Å². The molecular formula is C32H57N9O10S. The number of aliphatic hydroxyl groups excluding tert-OH is 2. The van der Waals surface area contributed by atoms with Gasteiger partial charge in [0.25, 0.3) is 0 Å². The third kappa shape index (κ3) is 13.2. The maximum atomic E-state index is 13.7. The second-order valence-electron chi connectivity index (χ2n) is 13.8. The van der Waals surface area contributed by atoms with Gasteiger partial charge in [0.05, 0.1) is 18.2 Å². The first-order valence-electron chi connectivity index (χ1n) is 17.2. The summed E-state index contributed by atoms with van der Waals surface area (Å²) >= 11 is 3.99. The van der Waals surface area contributed by atoms with Crippen LogP contribution in [0.1, 0.15) is 68.2 Å². The topological polar surface area (TPSA) is 304 Å². The van der Waals surface area contributed by atoms with Crippen LogP contribution in [0.3, 0.4) is 0 Å². The molecule has 1 saturated heterocycles. The fourth-order valence-electron chi connectivity index (χ4n) is 5.20. The molecule has 0 saturated carbocycles. The summed E-state index contributed by atoms with van der Waals surface area (Å²) in [6, 6.07) is -9.62. The largest absolute Gasteiger partial charge is 0.391 e. The molecule has 19 nitrogen and oxygen atoms in total. The lowest BCUT2D eigenvalue weighted by molar-refractivity contribution is -0.145. The van der Waals surface area contributed by atoms with E-state index in [1.165, 1.54) is 32.6 Å². The molecule has 1 aliphatic rings. The lowest BCUT2D eigenvalue weighted by atomic mass is 10.0. The molecular weight excluding hydrogens is 702 g/mol. The van der Waals surface area contributed by atoms with E-state index in [0.717, 1.165) is 0 Å². The van der Waals surface area contributed by atoms with Gasteiger partial charge < -0.3 is 58.5 Å². The number of nitrogens with one attached hydrogen (secondary N) is 6. The van der Waals surface area contributed by atoms with E-state index in [1.807, 2.05) is 0 Å². The summed E-state index contributed by atoms with van der Waals surface area (Å²) in [6.45, 7) is 11.9. The average molecular weight is 760 g/mol. The first kappa shape index (κ1) is 46.0. The Morgan fingerprint density at radius 1 is 0.654 bits per heavy atom. The van der Waals surface area contributed by atoms with Crippen molar-refractivity contribution in [1.82, 2.24) is 36.8 Å². The van der Waals surface area contributed by atoms with Crippen LogP contribution in [0.15, 0.2) is 0 Å². The number of carbonyl (C=O) groups is 8. The fourth-order valence-corrected chi connectivity index (χ4v) is 5.37. The number of amides is 8. The minimum absolute atomic E-state index is 0.0316. The molecule has 0 unspecified atom stereocenters. The van der Waals surface area contributed by atoms with E-state index in [4.69, 9.17) is 11.5 Å². The summed E-state index contributed by atoms with van der Waals surface area (Å²) < 4.78 is 0. The molecule has 1 aliphatic heterocycles. The van der Waals surface area contributed by atoms with Crippen molar-refractivity contribution in [1.29, 1.82) is 0 Å². The van der Waals surface area contributed by atoms with Crippen molar-refractivity contribution in [2.45, 2.75) is 129 Å². The number of thiol groups is 1. The van der Waals surface area contributed by atoms with Crippen molar-refractivity contribution in [3.8, 4) is 0 Å². The Labute approximate surface area is 309 Å². The predicted molar refractivity (Wildman–Crippen MR) is 192 cm³/mol. The van der Waals surface area contributed by atoms with Crippen LogP contribution in [0.4, 0.5) is 0 Å². The summed E-state index contributed by atoms with van der Waals surface area (Å²) in [5.41, 5.74) is 10.9. The first-order valence-corrected chi connectivity index (χ1v) is 17.8. The minimum Gasteiger partial charge on any atom is -0.391 e. The van der Waals surface area contributed by atoms with Gasteiger partial charge in [-0.05, 0) is 52.4 Å². The lowest BCUT2D eigenvalue weighted by Gasteiger charge is -2.32. The number of primary amides is 1. The third-order valence-corrected chi connectivity index (χ3v) is 8.91. The number of hydrogen-bond donors (Lipinski definition) is 11. The zero-order valence-electron chi connectivity index (χ0n) is 31.0. The van der Waals surface area contributed by atoms with Crippen LogP contribution in [0.5, 0.6) is 0 Å². The molecule has 0 aromatic heterocycles. The van der Waals surface area contributed by atoms with E-state index in [0.29, 0.717) is 6.42 Å². The number of aliphatic hydroxyl groups is 2. The third-order valence-electron chi connectivity index (χ3n) is 8.51. The predicted octanol–water partition coefficient (Wildman–Crippen LogP) is -4.26. The molecule has 10 atom stereocenters. The van der Waals surface area contributed by atoms with Crippen molar-refractivity contribution in [3.05, 3.63) is 0 Å². The molecule has 296 valence electrons. The van der Waals surface area contributed by atoms with Gasteiger partial charge in [0.15, 0.2) is 0 Å². The van der Waals surface area contributed by atoms with Crippen LogP contribution < -0.4 is 43.4 Å². The average Bonchev–Trinajstić information content (AvgIpc) is 3.55. The maximum absolute atomic E-state index is 13.7. The van der Waals surface area contributed by atoms with Gasteiger partial charge >= 0.3 is 0 Å². The van der Waals surface area contributed by atoms with Crippen molar-refractivity contribution < 1.29 is 48.6 Å². The maximum Gasteiger partial charge on any atom is 0.248 e. The smallest absolute Gasteiger partial charge is 0.248 e. The Kier molecular flexibility index (Phi) is 18.5. The highest BCUT2D eigenvalue weighted by Gasteiger charge is 2.42. The summed E-state index contributed by atoms with van der Waals surface area (Å²) in [7, 11) is 0. The van der Waals surface area contributed by atoms with E-state index in [9.17, 15) is 48.6 Å². The molecule has 1 rings (SSSR count). The van der Waals surface area contributed by atoms with Gasteiger partial charge in [-0.3, -0.25) is 38.4 Å². The van der Waals surface area contributed by atoms with Crippen LogP contribution in [0, 0.1) is 11.8 Å². The molecule has 12 N–H and O–H groups in total. The van der Waals surface area contributed by atoms with Gasteiger partial charge in [0.2, 0.25) is 47.3 Å². The summed E-state index contributed by atoms with van der Waals surface area (Å²) in [5, 5.41) is 35.3. The quantitative estimate of drug-likeness (QED) is 0.0561. The highest BCUT2D eigenvalue weighted by Crippen LogP contribution is 2.20. The highest BCUT2D eigenvalue weighted by molar-refractivity contribution is 7.80. The molecule has 1 heterocycles. The van der Waals surface area contributed by atoms with Crippen molar-refractivity contribution in [3.63, 3.8) is 0 Å². The van der Waals surface area contributed by atoms with Crippen molar-refractivity contribution >= 4 is 59.9 Å². The first-order chi connectivity index (χ1) is 24.0. The molecule has 0 aromatic carbocycles. The van der Waals surface area contributed by atoms with Gasteiger partial charge in [-0.15, -0.1) is 0 Å². The summed E-state index contributed by atoms with van der Waals surface area (Å²) in [5.74, 6) is -7.01. The zero-order chi connectivity index (χ0) is 40.2. The van der Waals surface area contributed by atoms with Crippen LogP contribution in [0.2, 0.25) is 0 Å². The van der Waals surface area contributed by atoms with Crippen molar-refractivity contribution in [2.75, 3.05) is 12.3 Å². The number of nitrogens with two attached hydrogens (primary N) is 2. The molecule has 0 radical (unpaired) electrons. The molecule has 0 spiro atoms. The second kappa shape index (κ2) is 20.9. The van der Waals surface area contributed by atoms with E-state index >= 15 is 0 Å².